The van der Waals surface area contributed by atoms with Gasteiger partial charge in [0.1, 0.15) is 22.8 Å². The van der Waals surface area contributed by atoms with Gasteiger partial charge in [0.15, 0.2) is 0 Å². The van der Waals surface area contributed by atoms with Gasteiger partial charge in [-0.25, -0.2) is 19.6 Å². The molecule has 4 atom stereocenters. The van der Waals surface area contributed by atoms with Crippen molar-refractivity contribution in [3.8, 4) is 0 Å². The molecular weight excluding hydrogens is 532 g/mol. The molecule has 0 amide bonds. The van der Waals surface area contributed by atoms with Crippen molar-refractivity contribution in [2.75, 3.05) is 36.0 Å². The number of carboxylic acids is 2. The fourth-order valence-corrected chi connectivity index (χ4v) is 7.51. The second kappa shape index (κ2) is 9.47. The van der Waals surface area contributed by atoms with Gasteiger partial charge in [-0.2, -0.15) is 0 Å². The Morgan fingerprint density at radius 2 is 1.24 bits per heavy atom. The summed E-state index contributed by atoms with van der Waals surface area (Å²) in [6.45, 7) is 6.44. The maximum absolute atomic E-state index is 12.0. The minimum absolute atomic E-state index is 0.0778. The van der Waals surface area contributed by atoms with Crippen molar-refractivity contribution in [3.05, 3.63) is 83.2 Å². The molecule has 2 aliphatic carbocycles. The number of aliphatic imine (C=N–C) groups is 2. The van der Waals surface area contributed by atoms with Gasteiger partial charge in [-0.15, -0.1) is 0 Å². The average Bonchev–Trinajstić information content (AvgIpc) is 3.88. The summed E-state index contributed by atoms with van der Waals surface area (Å²) in [6, 6.07) is 15.4. The lowest BCUT2D eigenvalue weighted by Crippen LogP contribution is -2.28. The van der Waals surface area contributed by atoms with Gasteiger partial charge in [0.05, 0.1) is 23.9 Å². The fraction of sp³-hybridized carbons (Fsp3) is 0.375. The van der Waals surface area contributed by atoms with Gasteiger partial charge in [0.25, 0.3) is 0 Å². The van der Waals surface area contributed by atoms with E-state index < -0.39 is 11.9 Å². The van der Waals surface area contributed by atoms with Crippen LogP contribution in [0.3, 0.4) is 0 Å². The van der Waals surface area contributed by atoms with Crippen molar-refractivity contribution in [1.82, 2.24) is 9.97 Å². The van der Waals surface area contributed by atoms with Crippen LogP contribution in [0.25, 0.3) is 0 Å². The molecule has 10 nitrogen and oxygen atoms in total. The van der Waals surface area contributed by atoms with Gasteiger partial charge in [0, 0.05) is 49.0 Å². The first-order valence-electron chi connectivity index (χ1n) is 14.4. The summed E-state index contributed by atoms with van der Waals surface area (Å²) in [5, 5.41) is 19.7. The van der Waals surface area contributed by atoms with E-state index in [9.17, 15) is 19.8 Å². The highest BCUT2D eigenvalue weighted by Crippen LogP contribution is 2.61. The number of fused-ring (bicyclic) bond motifs is 2. The number of hydrogen-bond donors (Lipinski definition) is 2. The molecule has 1 aromatic carbocycles. The number of piperidine rings is 2. The second-order valence-electron chi connectivity index (χ2n) is 11.4. The smallest absolute Gasteiger partial charge is 0.339 e. The quantitative estimate of drug-likeness (QED) is 0.422. The van der Waals surface area contributed by atoms with E-state index in [1.165, 1.54) is 11.1 Å². The second-order valence-corrected chi connectivity index (χ2v) is 11.4. The standard InChI is InChI=1S/C32H32N6O4/c1-3-33-23-17-37(27-21(29(39)40)10-6-12-35-27)25-15-31(23,25)19-8-5-9-20(14-19)32-16-26(32)38(18-24(32)34-4-2)28-22(30(41)42)11-7-13-36-28/h5-14,25-26H,3-4,15-18H2,1-2H3,(H,39,40)(H,41,42)/t25?,26?,31-,32-/m0/s1. The number of pyridine rings is 2. The zero-order valence-corrected chi connectivity index (χ0v) is 23.6. The van der Waals surface area contributed by atoms with Gasteiger partial charge in [0.2, 0.25) is 0 Å². The third-order valence-electron chi connectivity index (χ3n) is 9.44. The minimum atomic E-state index is -0.987. The summed E-state index contributed by atoms with van der Waals surface area (Å²) in [7, 11) is 0. The first-order valence-corrected chi connectivity index (χ1v) is 14.4. The van der Waals surface area contributed by atoms with Crippen LogP contribution < -0.4 is 9.80 Å². The van der Waals surface area contributed by atoms with Crippen LogP contribution in [0.4, 0.5) is 11.6 Å². The zero-order valence-electron chi connectivity index (χ0n) is 23.6. The van der Waals surface area contributed by atoms with E-state index in [0.29, 0.717) is 37.8 Å². The normalized spacial score (nSPS) is 29.1. The molecule has 4 aliphatic rings. The largest absolute Gasteiger partial charge is 0.478 e. The van der Waals surface area contributed by atoms with Crippen molar-refractivity contribution in [2.45, 2.75) is 49.6 Å². The SMILES string of the molecule is CCN=C1CN(c2ncccc2C(=O)O)C2C[C@]12c1cccc([C@]23CC2N(c2ncccc2C(=O)O)CC3=NCC)c1. The Hall–Kier alpha value is -4.60. The number of rotatable bonds is 8. The lowest BCUT2D eigenvalue weighted by Gasteiger charge is -2.20. The van der Waals surface area contributed by atoms with E-state index in [4.69, 9.17) is 9.98 Å². The summed E-state index contributed by atoms with van der Waals surface area (Å²) >= 11 is 0. The molecule has 4 fully saturated rings. The number of carbonyl (C=O) groups is 2. The molecule has 3 aromatic rings. The maximum atomic E-state index is 12.0. The topological polar surface area (TPSA) is 132 Å². The molecule has 2 aromatic heterocycles. The molecule has 4 heterocycles. The molecular formula is C32H32N6O4. The molecule has 2 saturated carbocycles. The molecule has 2 saturated heterocycles. The highest BCUT2D eigenvalue weighted by atomic mass is 16.4. The highest BCUT2D eigenvalue weighted by Gasteiger charge is 2.69. The van der Waals surface area contributed by atoms with E-state index in [1.54, 1.807) is 36.7 Å². The predicted molar refractivity (Wildman–Crippen MR) is 160 cm³/mol. The van der Waals surface area contributed by atoms with Crippen LogP contribution in [0.2, 0.25) is 0 Å². The van der Waals surface area contributed by atoms with Crippen LogP contribution in [0.1, 0.15) is 58.5 Å². The number of anilines is 2. The fourth-order valence-electron chi connectivity index (χ4n) is 7.51. The van der Waals surface area contributed by atoms with Gasteiger partial charge in [-0.3, -0.25) is 9.98 Å². The number of nitrogens with zero attached hydrogens (tertiary/aromatic N) is 6. The van der Waals surface area contributed by atoms with Gasteiger partial charge in [-0.05, 0) is 62.1 Å². The first kappa shape index (κ1) is 26.3. The predicted octanol–water partition coefficient (Wildman–Crippen LogP) is 3.86. The summed E-state index contributed by atoms with van der Waals surface area (Å²) in [5.74, 6) is -0.996. The third kappa shape index (κ3) is 3.63. The Morgan fingerprint density at radius 1 is 0.786 bits per heavy atom. The van der Waals surface area contributed by atoms with Crippen LogP contribution in [0.5, 0.6) is 0 Å². The van der Waals surface area contributed by atoms with Crippen molar-refractivity contribution in [3.63, 3.8) is 0 Å². The van der Waals surface area contributed by atoms with Crippen LogP contribution in [0.15, 0.2) is 70.9 Å². The van der Waals surface area contributed by atoms with E-state index >= 15 is 0 Å². The number of aromatic carboxylic acids is 2. The average molecular weight is 565 g/mol. The number of benzene rings is 1. The summed E-state index contributed by atoms with van der Waals surface area (Å²) < 4.78 is 0. The number of carboxylic acid groups (broad SMARTS) is 2. The molecule has 7 rings (SSSR count). The van der Waals surface area contributed by atoms with Crippen molar-refractivity contribution in [1.29, 1.82) is 0 Å². The molecule has 2 N–H and O–H groups in total. The maximum Gasteiger partial charge on any atom is 0.339 e. The lowest BCUT2D eigenvalue weighted by molar-refractivity contribution is 0.0686. The van der Waals surface area contributed by atoms with Gasteiger partial charge in [-0.1, -0.05) is 24.3 Å². The molecule has 0 radical (unpaired) electrons. The van der Waals surface area contributed by atoms with E-state index in [1.807, 2.05) is 13.8 Å². The zero-order chi connectivity index (χ0) is 29.2. The summed E-state index contributed by atoms with van der Waals surface area (Å²) in [5.41, 5.74) is 4.29. The van der Waals surface area contributed by atoms with Crippen molar-refractivity contribution >= 4 is 35.0 Å². The third-order valence-corrected chi connectivity index (χ3v) is 9.44. The molecule has 10 heteroatoms. The van der Waals surface area contributed by atoms with Crippen LogP contribution in [-0.4, -0.2) is 81.8 Å². The highest BCUT2D eigenvalue weighted by molar-refractivity contribution is 6.09. The molecule has 42 heavy (non-hydrogen) atoms. The monoisotopic (exact) mass is 564 g/mol. The Kier molecular flexibility index (Phi) is 5.93. The van der Waals surface area contributed by atoms with E-state index in [-0.39, 0.29) is 34.0 Å². The molecule has 214 valence electrons. The van der Waals surface area contributed by atoms with E-state index in [2.05, 4.69) is 44.0 Å². The van der Waals surface area contributed by atoms with Crippen molar-refractivity contribution < 1.29 is 19.8 Å². The number of aromatic nitrogens is 2. The Bertz CT molecular complexity index is 1570. The van der Waals surface area contributed by atoms with Crippen LogP contribution in [-0.2, 0) is 10.8 Å². The molecule has 2 aliphatic heterocycles. The number of hydrogen-bond acceptors (Lipinski definition) is 8. The van der Waals surface area contributed by atoms with Crippen LogP contribution >= 0.6 is 0 Å². The van der Waals surface area contributed by atoms with Crippen LogP contribution in [0, 0.1) is 0 Å². The summed E-state index contributed by atoms with van der Waals surface area (Å²) in [6.07, 6.45) is 4.98. The van der Waals surface area contributed by atoms with Gasteiger partial charge >= 0.3 is 11.9 Å². The van der Waals surface area contributed by atoms with Crippen molar-refractivity contribution in [2.24, 2.45) is 9.98 Å². The van der Waals surface area contributed by atoms with Gasteiger partial charge < -0.3 is 20.0 Å². The Labute approximate surface area is 243 Å². The molecule has 2 unspecified atom stereocenters. The molecule has 0 spiro atoms. The summed E-state index contributed by atoms with van der Waals surface area (Å²) in [4.78, 5) is 47.1. The Morgan fingerprint density at radius 3 is 1.64 bits per heavy atom. The van der Waals surface area contributed by atoms with E-state index in [0.717, 1.165) is 24.3 Å². The first-order chi connectivity index (χ1) is 20.4. The Balaban J connectivity index is 1.27. The molecule has 0 bridgehead atoms. The minimum Gasteiger partial charge on any atom is -0.478 e. The lowest BCUT2D eigenvalue weighted by atomic mass is 9.85.